The molecule has 0 radical (unpaired) electrons. The first-order valence-corrected chi connectivity index (χ1v) is 10.3. The Kier molecular flexibility index (Phi) is 5.01. The van der Waals surface area contributed by atoms with Crippen LogP contribution in [0.5, 0.6) is 17.2 Å². The van der Waals surface area contributed by atoms with Crippen molar-refractivity contribution in [3.63, 3.8) is 0 Å². The van der Waals surface area contributed by atoms with E-state index < -0.39 is 11.9 Å². The van der Waals surface area contributed by atoms with Gasteiger partial charge in [-0.05, 0) is 54.1 Å². The van der Waals surface area contributed by atoms with Gasteiger partial charge in [-0.2, -0.15) is 0 Å². The third kappa shape index (κ3) is 3.20. The third-order valence-electron chi connectivity index (χ3n) is 5.85. The van der Waals surface area contributed by atoms with Gasteiger partial charge in [-0.25, -0.2) is 0 Å². The maximum absolute atomic E-state index is 13.6. The Balaban J connectivity index is 1.78. The number of methoxy groups -OCH3 is 3. The fourth-order valence-electron chi connectivity index (χ4n) is 4.27. The van der Waals surface area contributed by atoms with Crippen LogP contribution in [0.2, 0.25) is 0 Å². The summed E-state index contributed by atoms with van der Waals surface area (Å²) in [5, 5.41) is 0.422. The summed E-state index contributed by atoms with van der Waals surface area (Å²) in [6.45, 7) is 0. The largest absolute Gasteiger partial charge is 0.497 e. The second-order valence-electron chi connectivity index (χ2n) is 7.56. The Morgan fingerprint density at radius 1 is 0.818 bits per heavy atom. The monoisotopic (exact) mass is 443 g/mol. The van der Waals surface area contributed by atoms with Crippen molar-refractivity contribution in [2.75, 3.05) is 26.2 Å². The summed E-state index contributed by atoms with van der Waals surface area (Å²) < 4.78 is 22.1. The number of carbonyl (C=O) groups excluding carboxylic acids is 1. The lowest BCUT2D eigenvalue weighted by Crippen LogP contribution is -2.29. The molecule has 4 aromatic rings. The van der Waals surface area contributed by atoms with Crippen molar-refractivity contribution in [2.24, 2.45) is 0 Å². The molecule has 7 heteroatoms. The summed E-state index contributed by atoms with van der Waals surface area (Å²) in [7, 11) is 4.67. The molecule has 1 aliphatic heterocycles. The number of fused-ring (bicyclic) bond motifs is 2. The minimum absolute atomic E-state index is 0.0364. The predicted octanol–water partition coefficient (Wildman–Crippen LogP) is 4.57. The summed E-state index contributed by atoms with van der Waals surface area (Å²) in [6, 6.07) is 18.7. The SMILES string of the molecule is COc1ccc(N2C(=O)c3oc4ccccc4c(=O)c3C2c2ccc(OC)c(OC)c2)cc1. The van der Waals surface area contributed by atoms with Gasteiger partial charge >= 0.3 is 0 Å². The van der Waals surface area contributed by atoms with Gasteiger partial charge in [0.2, 0.25) is 5.76 Å². The molecule has 0 spiro atoms. The summed E-state index contributed by atoms with van der Waals surface area (Å²) in [6.07, 6.45) is 0. The van der Waals surface area contributed by atoms with Crippen molar-refractivity contribution < 1.29 is 23.4 Å². The topological polar surface area (TPSA) is 78.2 Å². The average Bonchev–Trinajstić information content (AvgIpc) is 3.16. The van der Waals surface area contributed by atoms with Gasteiger partial charge < -0.3 is 18.6 Å². The molecule has 5 rings (SSSR count). The zero-order valence-electron chi connectivity index (χ0n) is 18.3. The van der Waals surface area contributed by atoms with Crippen LogP contribution in [0.3, 0.4) is 0 Å². The van der Waals surface area contributed by atoms with Crippen LogP contribution >= 0.6 is 0 Å². The molecule has 1 aromatic heterocycles. The molecule has 0 saturated heterocycles. The number of rotatable bonds is 5. The molecular formula is C26H21NO6. The highest BCUT2D eigenvalue weighted by molar-refractivity contribution is 6.10. The number of benzene rings is 3. The van der Waals surface area contributed by atoms with E-state index in [4.69, 9.17) is 18.6 Å². The van der Waals surface area contributed by atoms with Gasteiger partial charge in [0, 0.05) is 5.69 Å². The van der Waals surface area contributed by atoms with Crippen LogP contribution in [-0.2, 0) is 0 Å². The second-order valence-corrected chi connectivity index (χ2v) is 7.56. The minimum atomic E-state index is -0.707. The highest BCUT2D eigenvalue weighted by atomic mass is 16.5. The molecule has 33 heavy (non-hydrogen) atoms. The van der Waals surface area contributed by atoms with Crippen LogP contribution in [0.1, 0.15) is 27.7 Å². The van der Waals surface area contributed by atoms with E-state index >= 15 is 0 Å². The molecule has 0 N–H and O–H groups in total. The fourth-order valence-corrected chi connectivity index (χ4v) is 4.27. The van der Waals surface area contributed by atoms with Crippen molar-refractivity contribution in [3.8, 4) is 17.2 Å². The Hall–Kier alpha value is -4.26. The second kappa shape index (κ2) is 8.02. The van der Waals surface area contributed by atoms with Crippen LogP contribution < -0.4 is 24.5 Å². The summed E-state index contributed by atoms with van der Waals surface area (Å²) in [5.41, 5.74) is 1.73. The minimum Gasteiger partial charge on any atom is -0.497 e. The molecule has 0 saturated carbocycles. The number of nitrogens with zero attached hydrogens (tertiary/aromatic N) is 1. The Morgan fingerprint density at radius 3 is 2.24 bits per heavy atom. The van der Waals surface area contributed by atoms with Crippen molar-refractivity contribution in [2.45, 2.75) is 6.04 Å². The van der Waals surface area contributed by atoms with Crippen molar-refractivity contribution in [1.82, 2.24) is 0 Å². The van der Waals surface area contributed by atoms with E-state index in [-0.39, 0.29) is 11.2 Å². The van der Waals surface area contributed by atoms with Gasteiger partial charge in [0.1, 0.15) is 11.3 Å². The zero-order valence-corrected chi connectivity index (χ0v) is 18.3. The molecule has 0 bridgehead atoms. The number of para-hydroxylation sites is 1. The van der Waals surface area contributed by atoms with E-state index in [2.05, 4.69) is 0 Å². The summed E-state index contributed by atoms with van der Waals surface area (Å²) in [5.74, 6) is 1.35. The van der Waals surface area contributed by atoms with Crippen molar-refractivity contribution >= 4 is 22.6 Å². The smallest absolute Gasteiger partial charge is 0.295 e. The number of hydrogen-bond acceptors (Lipinski definition) is 6. The van der Waals surface area contributed by atoms with Crippen molar-refractivity contribution in [1.29, 1.82) is 0 Å². The Bertz CT molecular complexity index is 1420. The van der Waals surface area contributed by atoms with Crippen LogP contribution in [0.15, 0.2) is 75.9 Å². The number of ether oxygens (including phenoxy) is 3. The van der Waals surface area contributed by atoms with Crippen LogP contribution in [0.25, 0.3) is 11.0 Å². The first-order chi connectivity index (χ1) is 16.1. The number of hydrogen-bond donors (Lipinski definition) is 0. The lowest BCUT2D eigenvalue weighted by molar-refractivity contribution is 0.0971. The molecule has 166 valence electrons. The lowest BCUT2D eigenvalue weighted by Gasteiger charge is -2.26. The number of carbonyl (C=O) groups is 1. The van der Waals surface area contributed by atoms with E-state index in [1.54, 1.807) is 86.9 Å². The standard InChI is InChI=1S/C26H21NO6/c1-30-17-11-9-16(10-12-17)27-23(15-8-13-20(31-2)21(14-15)32-3)22-24(28)18-6-4-5-7-19(18)33-25(22)26(27)29/h4-14,23H,1-3H3. The Morgan fingerprint density at radius 2 is 1.55 bits per heavy atom. The highest BCUT2D eigenvalue weighted by Crippen LogP contribution is 2.43. The van der Waals surface area contributed by atoms with Gasteiger partial charge in [-0.3, -0.25) is 14.5 Å². The maximum atomic E-state index is 13.6. The maximum Gasteiger partial charge on any atom is 0.295 e. The van der Waals surface area contributed by atoms with Crippen molar-refractivity contribution in [3.05, 3.63) is 93.8 Å². The van der Waals surface area contributed by atoms with Gasteiger partial charge in [-0.15, -0.1) is 0 Å². The van der Waals surface area contributed by atoms with Gasteiger partial charge in [0.25, 0.3) is 5.91 Å². The van der Waals surface area contributed by atoms with Gasteiger partial charge in [-0.1, -0.05) is 18.2 Å². The van der Waals surface area contributed by atoms with Crippen LogP contribution in [-0.4, -0.2) is 27.2 Å². The van der Waals surface area contributed by atoms with E-state index in [1.807, 2.05) is 6.07 Å². The highest BCUT2D eigenvalue weighted by Gasteiger charge is 2.43. The van der Waals surface area contributed by atoms with E-state index in [9.17, 15) is 9.59 Å². The lowest BCUT2D eigenvalue weighted by atomic mass is 9.97. The van der Waals surface area contributed by atoms with Gasteiger partial charge in [0.15, 0.2) is 16.9 Å². The molecular weight excluding hydrogens is 422 g/mol. The van der Waals surface area contributed by atoms with Gasteiger partial charge in [0.05, 0.1) is 38.3 Å². The summed E-state index contributed by atoms with van der Waals surface area (Å²) in [4.78, 5) is 28.8. The van der Waals surface area contributed by atoms with E-state index in [1.165, 1.54) is 0 Å². The zero-order chi connectivity index (χ0) is 23.1. The normalized spacial score (nSPS) is 14.9. The molecule has 1 unspecified atom stereocenters. The number of amides is 1. The average molecular weight is 443 g/mol. The molecule has 1 atom stereocenters. The molecule has 7 nitrogen and oxygen atoms in total. The number of anilines is 1. The third-order valence-corrected chi connectivity index (χ3v) is 5.85. The van der Waals surface area contributed by atoms with Crippen LogP contribution in [0, 0.1) is 0 Å². The molecule has 3 aromatic carbocycles. The first kappa shape index (κ1) is 20.6. The molecule has 2 heterocycles. The fraction of sp³-hybridized carbons (Fsp3) is 0.154. The molecule has 1 amide bonds. The predicted molar refractivity (Wildman–Crippen MR) is 124 cm³/mol. The van der Waals surface area contributed by atoms with E-state index in [0.29, 0.717) is 45.0 Å². The summed E-state index contributed by atoms with van der Waals surface area (Å²) >= 11 is 0. The van der Waals surface area contributed by atoms with E-state index in [0.717, 1.165) is 0 Å². The molecule has 1 aliphatic rings. The molecule has 0 aliphatic carbocycles. The Labute approximate surface area is 189 Å². The molecule has 0 fully saturated rings. The first-order valence-electron chi connectivity index (χ1n) is 10.3. The van der Waals surface area contributed by atoms with Crippen LogP contribution in [0.4, 0.5) is 5.69 Å². The quantitative estimate of drug-likeness (QED) is 0.450.